The summed E-state index contributed by atoms with van der Waals surface area (Å²) in [4.78, 5) is 12.2. The smallest absolute Gasteiger partial charge is 0.255 e. The molecule has 1 rings (SSSR count). The second-order valence-electron chi connectivity index (χ2n) is 3.95. The quantitative estimate of drug-likeness (QED) is 0.836. The highest BCUT2D eigenvalue weighted by Gasteiger charge is 2.19. The van der Waals surface area contributed by atoms with Gasteiger partial charge in [-0.2, -0.15) is 0 Å². The van der Waals surface area contributed by atoms with E-state index in [1.165, 1.54) is 14.2 Å². The first-order valence-electron chi connectivity index (χ1n) is 5.90. The summed E-state index contributed by atoms with van der Waals surface area (Å²) in [6.45, 7) is 1.79. The molecule has 0 aliphatic rings. The van der Waals surface area contributed by atoms with Crippen LogP contribution in [0.1, 0.15) is 23.7 Å². The van der Waals surface area contributed by atoms with Crippen molar-refractivity contribution >= 4 is 21.8 Å². The SMILES string of the molecule is CC[C@H](CO)NC(=O)c1cc(OC)cc(Br)c1OC. The van der Waals surface area contributed by atoms with E-state index in [2.05, 4.69) is 21.2 Å². The number of methoxy groups -OCH3 is 2. The second-order valence-corrected chi connectivity index (χ2v) is 4.81. The molecule has 0 radical (unpaired) electrons. The van der Waals surface area contributed by atoms with E-state index in [1.807, 2.05) is 6.92 Å². The highest BCUT2D eigenvalue weighted by Crippen LogP contribution is 2.33. The number of halogens is 1. The lowest BCUT2D eigenvalue weighted by Gasteiger charge is -2.17. The minimum atomic E-state index is -0.308. The van der Waals surface area contributed by atoms with Crippen molar-refractivity contribution in [3.63, 3.8) is 0 Å². The Morgan fingerprint density at radius 1 is 1.42 bits per heavy atom. The van der Waals surface area contributed by atoms with E-state index < -0.39 is 0 Å². The summed E-state index contributed by atoms with van der Waals surface area (Å²) in [6, 6.07) is 3.05. The Hall–Kier alpha value is -1.27. The third-order valence-corrected chi connectivity index (χ3v) is 3.34. The first-order chi connectivity index (χ1) is 9.07. The molecule has 0 aliphatic heterocycles. The molecule has 0 unspecified atom stereocenters. The molecule has 1 amide bonds. The summed E-state index contributed by atoms with van der Waals surface area (Å²) in [5, 5.41) is 11.9. The number of aliphatic hydroxyl groups is 1. The maximum absolute atomic E-state index is 12.2. The van der Waals surface area contributed by atoms with Crippen LogP contribution < -0.4 is 14.8 Å². The molecule has 0 aromatic heterocycles. The van der Waals surface area contributed by atoms with Gasteiger partial charge in [0, 0.05) is 0 Å². The molecule has 1 aromatic carbocycles. The molecule has 0 saturated heterocycles. The number of carbonyl (C=O) groups excluding carboxylic acids is 1. The van der Waals surface area contributed by atoms with Crippen LogP contribution in [-0.2, 0) is 0 Å². The Bertz CT molecular complexity index is 447. The number of carbonyl (C=O) groups is 1. The van der Waals surface area contributed by atoms with Gasteiger partial charge in [-0.25, -0.2) is 0 Å². The van der Waals surface area contributed by atoms with Crippen LogP contribution in [0.25, 0.3) is 0 Å². The highest BCUT2D eigenvalue weighted by atomic mass is 79.9. The zero-order chi connectivity index (χ0) is 14.4. The monoisotopic (exact) mass is 331 g/mol. The fraction of sp³-hybridized carbons (Fsp3) is 0.462. The number of nitrogens with one attached hydrogen (secondary N) is 1. The van der Waals surface area contributed by atoms with Crippen molar-refractivity contribution in [3.05, 3.63) is 22.2 Å². The molecule has 6 heteroatoms. The molecule has 106 valence electrons. The summed E-state index contributed by atoms with van der Waals surface area (Å²) >= 11 is 3.33. The van der Waals surface area contributed by atoms with Crippen LogP contribution in [0.15, 0.2) is 16.6 Å². The van der Waals surface area contributed by atoms with Crippen molar-refractivity contribution in [2.24, 2.45) is 0 Å². The second kappa shape index (κ2) is 7.35. The van der Waals surface area contributed by atoms with Crippen LogP contribution in [0.5, 0.6) is 11.5 Å². The summed E-state index contributed by atoms with van der Waals surface area (Å²) in [6.07, 6.45) is 0.649. The van der Waals surface area contributed by atoms with Crippen LogP contribution in [0.4, 0.5) is 0 Å². The summed E-state index contributed by atoms with van der Waals surface area (Å²) < 4.78 is 11.0. The van der Waals surface area contributed by atoms with Gasteiger partial charge in [0.05, 0.1) is 36.9 Å². The molecule has 2 N–H and O–H groups in total. The molecule has 0 saturated carbocycles. The minimum absolute atomic E-state index is 0.101. The van der Waals surface area contributed by atoms with Crippen molar-refractivity contribution < 1.29 is 19.4 Å². The standard InChI is InChI=1S/C13H18BrNO4/c1-4-8(7-16)15-13(17)10-5-9(18-2)6-11(14)12(10)19-3/h5-6,8,16H,4,7H2,1-3H3,(H,15,17)/t8-/m1/s1. The molecule has 19 heavy (non-hydrogen) atoms. The zero-order valence-corrected chi connectivity index (χ0v) is 12.8. The largest absolute Gasteiger partial charge is 0.497 e. The number of hydrogen-bond acceptors (Lipinski definition) is 4. The van der Waals surface area contributed by atoms with Crippen LogP contribution in [0.3, 0.4) is 0 Å². The Morgan fingerprint density at radius 2 is 2.11 bits per heavy atom. The maximum Gasteiger partial charge on any atom is 0.255 e. The number of rotatable bonds is 6. The van der Waals surface area contributed by atoms with E-state index in [0.29, 0.717) is 28.0 Å². The van der Waals surface area contributed by atoms with Crippen LogP contribution in [-0.4, -0.2) is 37.9 Å². The molecule has 0 bridgehead atoms. The lowest BCUT2D eigenvalue weighted by molar-refractivity contribution is 0.0911. The van der Waals surface area contributed by atoms with Gasteiger partial charge < -0.3 is 19.9 Å². The molecule has 0 spiro atoms. The first kappa shape index (κ1) is 15.8. The minimum Gasteiger partial charge on any atom is -0.497 e. The normalized spacial score (nSPS) is 11.8. The van der Waals surface area contributed by atoms with E-state index >= 15 is 0 Å². The summed E-state index contributed by atoms with van der Waals surface area (Å²) in [7, 11) is 3.02. The predicted molar refractivity (Wildman–Crippen MR) is 75.9 cm³/mol. The van der Waals surface area contributed by atoms with Gasteiger partial charge >= 0.3 is 0 Å². The van der Waals surface area contributed by atoms with E-state index in [-0.39, 0.29) is 18.6 Å². The summed E-state index contributed by atoms with van der Waals surface area (Å²) in [5.74, 6) is 0.679. The Labute approximate surface area is 121 Å². The Morgan fingerprint density at radius 3 is 2.58 bits per heavy atom. The number of hydrogen-bond donors (Lipinski definition) is 2. The van der Waals surface area contributed by atoms with Gasteiger partial charge in [-0.05, 0) is 34.5 Å². The van der Waals surface area contributed by atoms with Gasteiger partial charge in [0.2, 0.25) is 0 Å². The summed E-state index contributed by atoms with van der Waals surface area (Å²) in [5.41, 5.74) is 0.362. The van der Waals surface area contributed by atoms with Crippen LogP contribution in [0.2, 0.25) is 0 Å². The van der Waals surface area contributed by atoms with E-state index in [1.54, 1.807) is 12.1 Å². The average Bonchev–Trinajstić information content (AvgIpc) is 2.43. The zero-order valence-electron chi connectivity index (χ0n) is 11.2. The molecule has 0 heterocycles. The Kier molecular flexibility index (Phi) is 6.11. The number of amides is 1. The van der Waals surface area contributed by atoms with Gasteiger partial charge in [-0.3, -0.25) is 4.79 Å². The lowest BCUT2D eigenvalue weighted by atomic mass is 10.1. The van der Waals surface area contributed by atoms with Gasteiger partial charge in [-0.1, -0.05) is 6.92 Å². The third-order valence-electron chi connectivity index (χ3n) is 2.75. The third kappa shape index (κ3) is 3.84. The fourth-order valence-corrected chi connectivity index (χ4v) is 2.20. The molecule has 1 aromatic rings. The fourth-order valence-electron chi connectivity index (χ4n) is 1.60. The van der Waals surface area contributed by atoms with Crippen LogP contribution in [0, 0.1) is 0 Å². The Balaban J connectivity index is 3.09. The van der Waals surface area contributed by atoms with Crippen molar-refractivity contribution in [3.8, 4) is 11.5 Å². The lowest BCUT2D eigenvalue weighted by Crippen LogP contribution is -2.37. The average molecular weight is 332 g/mol. The molecule has 0 fully saturated rings. The molecule has 5 nitrogen and oxygen atoms in total. The van der Waals surface area contributed by atoms with Gasteiger partial charge in [0.1, 0.15) is 11.5 Å². The number of aliphatic hydroxyl groups excluding tert-OH is 1. The van der Waals surface area contributed by atoms with Crippen molar-refractivity contribution in [2.45, 2.75) is 19.4 Å². The van der Waals surface area contributed by atoms with Crippen molar-refractivity contribution in [2.75, 3.05) is 20.8 Å². The molecule has 0 aliphatic carbocycles. The molecule has 1 atom stereocenters. The number of ether oxygens (including phenoxy) is 2. The van der Waals surface area contributed by atoms with Gasteiger partial charge in [0.15, 0.2) is 0 Å². The first-order valence-corrected chi connectivity index (χ1v) is 6.69. The predicted octanol–water partition coefficient (Wildman–Crippen LogP) is 1.97. The highest BCUT2D eigenvalue weighted by molar-refractivity contribution is 9.10. The van der Waals surface area contributed by atoms with E-state index in [9.17, 15) is 4.79 Å². The van der Waals surface area contributed by atoms with Gasteiger partial charge in [-0.15, -0.1) is 0 Å². The van der Waals surface area contributed by atoms with Gasteiger partial charge in [0.25, 0.3) is 5.91 Å². The molecular weight excluding hydrogens is 314 g/mol. The van der Waals surface area contributed by atoms with E-state index in [4.69, 9.17) is 14.6 Å². The van der Waals surface area contributed by atoms with E-state index in [0.717, 1.165) is 0 Å². The van der Waals surface area contributed by atoms with Crippen molar-refractivity contribution in [1.29, 1.82) is 0 Å². The van der Waals surface area contributed by atoms with Crippen LogP contribution >= 0.6 is 15.9 Å². The van der Waals surface area contributed by atoms with Crippen molar-refractivity contribution in [1.82, 2.24) is 5.32 Å². The molecular formula is C13H18BrNO4. The topological polar surface area (TPSA) is 67.8 Å². The number of benzene rings is 1. The maximum atomic E-state index is 12.2.